The van der Waals surface area contributed by atoms with E-state index in [4.69, 9.17) is 5.73 Å². The number of hydrogen-bond donors (Lipinski definition) is 1. The van der Waals surface area contributed by atoms with Crippen molar-refractivity contribution < 1.29 is 0 Å². The molecule has 18 heavy (non-hydrogen) atoms. The van der Waals surface area contributed by atoms with Crippen molar-refractivity contribution in [1.82, 2.24) is 0 Å². The Balaban J connectivity index is 1.96. The van der Waals surface area contributed by atoms with Crippen LogP contribution in [0.5, 0.6) is 0 Å². The van der Waals surface area contributed by atoms with Gasteiger partial charge in [0.2, 0.25) is 0 Å². The van der Waals surface area contributed by atoms with Crippen LogP contribution in [0.2, 0.25) is 0 Å². The summed E-state index contributed by atoms with van der Waals surface area (Å²) in [6, 6.07) is 2.26. The molecule has 3 nitrogen and oxygen atoms in total. The van der Waals surface area contributed by atoms with Crippen molar-refractivity contribution in [3.05, 3.63) is 10.4 Å². The molecule has 0 amide bonds. The Morgan fingerprint density at radius 2 is 2.11 bits per heavy atom. The Bertz CT molecular complexity index is 477. The van der Waals surface area contributed by atoms with E-state index in [2.05, 4.69) is 11.0 Å². The van der Waals surface area contributed by atoms with Crippen molar-refractivity contribution in [3.8, 4) is 6.07 Å². The number of nitrogens with two attached hydrogens (primary N) is 1. The maximum absolute atomic E-state index is 9.17. The molecular weight excluding hydrogens is 262 g/mol. The standard InChI is InChI=1S/C13H17N3S2/c14-8-10-12(15)11(9-2-3-9)13(18-10)16-4-1-6-17-7-5-16/h9H,1-7,15H2. The van der Waals surface area contributed by atoms with Crippen LogP contribution in [0.25, 0.3) is 0 Å². The summed E-state index contributed by atoms with van der Waals surface area (Å²) >= 11 is 3.63. The fourth-order valence-corrected chi connectivity index (χ4v) is 4.52. The highest BCUT2D eigenvalue weighted by atomic mass is 32.2. The zero-order valence-electron chi connectivity index (χ0n) is 10.3. The van der Waals surface area contributed by atoms with E-state index in [0.717, 1.165) is 18.8 Å². The molecule has 2 aliphatic rings. The zero-order chi connectivity index (χ0) is 12.5. The fraction of sp³-hybridized carbons (Fsp3) is 0.615. The third kappa shape index (κ3) is 2.19. The van der Waals surface area contributed by atoms with E-state index in [9.17, 15) is 5.26 Å². The maximum atomic E-state index is 9.17. The Hall–Kier alpha value is -0.860. The number of anilines is 2. The van der Waals surface area contributed by atoms with Crippen molar-refractivity contribution in [2.75, 3.05) is 35.2 Å². The topological polar surface area (TPSA) is 53.0 Å². The molecule has 1 aliphatic heterocycles. The van der Waals surface area contributed by atoms with Crippen LogP contribution in [-0.2, 0) is 0 Å². The highest BCUT2D eigenvalue weighted by Gasteiger charge is 2.33. The minimum atomic E-state index is 0.620. The van der Waals surface area contributed by atoms with Crippen molar-refractivity contribution in [1.29, 1.82) is 5.26 Å². The van der Waals surface area contributed by atoms with Gasteiger partial charge in [0.1, 0.15) is 10.9 Å². The van der Waals surface area contributed by atoms with E-state index in [1.165, 1.54) is 41.3 Å². The first-order chi connectivity index (χ1) is 8.81. The van der Waals surface area contributed by atoms with Gasteiger partial charge >= 0.3 is 0 Å². The molecule has 2 N–H and O–H groups in total. The lowest BCUT2D eigenvalue weighted by molar-refractivity contribution is 0.818. The van der Waals surface area contributed by atoms with Gasteiger partial charge in [0.25, 0.3) is 0 Å². The molecule has 0 unspecified atom stereocenters. The molecule has 5 heteroatoms. The first-order valence-electron chi connectivity index (χ1n) is 6.46. The van der Waals surface area contributed by atoms with Gasteiger partial charge in [-0.2, -0.15) is 17.0 Å². The molecule has 1 saturated heterocycles. The Morgan fingerprint density at radius 3 is 2.83 bits per heavy atom. The molecule has 0 spiro atoms. The largest absolute Gasteiger partial charge is 0.397 e. The molecule has 1 saturated carbocycles. The third-order valence-corrected chi connectivity index (χ3v) is 5.80. The van der Waals surface area contributed by atoms with Crippen LogP contribution in [0.15, 0.2) is 0 Å². The molecule has 1 aromatic rings. The predicted octanol–water partition coefficient (Wildman–Crippen LogP) is 3.02. The Kier molecular flexibility index (Phi) is 3.40. The van der Waals surface area contributed by atoms with Gasteiger partial charge in [0, 0.05) is 24.4 Å². The molecule has 0 bridgehead atoms. The van der Waals surface area contributed by atoms with Crippen LogP contribution in [0, 0.1) is 11.3 Å². The van der Waals surface area contributed by atoms with E-state index in [0.29, 0.717) is 10.8 Å². The first kappa shape index (κ1) is 12.2. The summed E-state index contributed by atoms with van der Waals surface area (Å²) < 4.78 is 0. The molecule has 3 rings (SSSR count). The van der Waals surface area contributed by atoms with E-state index in [-0.39, 0.29) is 0 Å². The van der Waals surface area contributed by atoms with Crippen LogP contribution >= 0.6 is 23.1 Å². The van der Waals surface area contributed by atoms with E-state index < -0.39 is 0 Å². The molecule has 0 atom stereocenters. The quantitative estimate of drug-likeness (QED) is 0.904. The summed E-state index contributed by atoms with van der Waals surface area (Å²) in [5.74, 6) is 3.06. The first-order valence-corrected chi connectivity index (χ1v) is 8.43. The number of nitriles is 1. The second kappa shape index (κ2) is 5.02. The summed E-state index contributed by atoms with van der Waals surface area (Å²) in [5, 5.41) is 10.5. The number of rotatable bonds is 2. The second-order valence-corrected chi connectivity index (χ2v) is 7.13. The summed E-state index contributed by atoms with van der Waals surface area (Å²) in [6.45, 7) is 2.20. The molecular formula is C13H17N3S2. The van der Waals surface area contributed by atoms with Crippen molar-refractivity contribution >= 4 is 33.8 Å². The van der Waals surface area contributed by atoms with Crippen LogP contribution in [0.1, 0.15) is 35.6 Å². The minimum absolute atomic E-state index is 0.620. The van der Waals surface area contributed by atoms with Gasteiger partial charge < -0.3 is 10.6 Å². The maximum Gasteiger partial charge on any atom is 0.130 e. The monoisotopic (exact) mass is 279 g/mol. The molecule has 2 heterocycles. The Labute approximate surface area is 116 Å². The molecule has 0 radical (unpaired) electrons. The summed E-state index contributed by atoms with van der Waals surface area (Å²) in [5.41, 5.74) is 8.20. The number of thioether (sulfide) groups is 1. The van der Waals surface area contributed by atoms with Gasteiger partial charge in [-0.3, -0.25) is 0 Å². The van der Waals surface area contributed by atoms with E-state index >= 15 is 0 Å². The predicted molar refractivity (Wildman–Crippen MR) is 79.6 cm³/mol. The van der Waals surface area contributed by atoms with Crippen LogP contribution in [0.3, 0.4) is 0 Å². The molecule has 96 valence electrons. The van der Waals surface area contributed by atoms with Gasteiger partial charge in [-0.15, -0.1) is 11.3 Å². The Morgan fingerprint density at radius 1 is 1.28 bits per heavy atom. The molecule has 1 aromatic heterocycles. The average molecular weight is 279 g/mol. The number of thiophene rings is 1. The normalized spacial score (nSPS) is 20.5. The highest BCUT2D eigenvalue weighted by Crippen LogP contribution is 2.51. The van der Waals surface area contributed by atoms with Crippen molar-refractivity contribution in [2.24, 2.45) is 0 Å². The lowest BCUT2D eigenvalue weighted by Gasteiger charge is -2.22. The second-order valence-electron chi connectivity index (χ2n) is 4.90. The van der Waals surface area contributed by atoms with Crippen LogP contribution in [-0.4, -0.2) is 24.6 Å². The van der Waals surface area contributed by atoms with Crippen molar-refractivity contribution in [3.63, 3.8) is 0 Å². The average Bonchev–Trinajstić information content (AvgIpc) is 3.18. The van der Waals surface area contributed by atoms with Gasteiger partial charge in [0.15, 0.2) is 0 Å². The third-order valence-electron chi connectivity index (χ3n) is 3.56. The van der Waals surface area contributed by atoms with Gasteiger partial charge in [-0.05, 0) is 30.9 Å². The molecule has 0 aromatic carbocycles. The smallest absolute Gasteiger partial charge is 0.130 e. The van der Waals surface area contributed by atoms with Crippen LogP contribution in [0.4, 0.5) is 10.7 Å². The van der Waals surface area contributed by atoms with Gasteiger partial charge in [0.05, 0.1) is 10.7 Å². The lowest BCUT2D eigenvalue weighted by Crippen LogP contribution is -2.25. The number of nitrogens with zero attached hydrogens (tertiary/aromatic N) is 2. The highest BCUT2D eigenvalue weighted by molar-refractivity contribution is 7.99. The van der Waals surface area contributed by atoms with E-state index in [1.54, 1.807) is 11.3 Å². The minimum Gasteiger partial charge on any atom is -0.397 e. The molecule has 1 aliphatic carbocycles. The fourth-order valence-electron chi connectivity index (χ4n) is 2.48. The van der Waals surface area contributed by atoms with E-state index in [1.807, 2.05) is 11.8 Å². The number of nitrogen functional groups attached to an aromatic ring is 1. The van der Waals surface area contributed by atoms with Gasteiger partial charge in [-0.25, -0.2) is 0 Å². The SMILES string of the molecule is N#Cc1sc(N2CCCSCC2)c(C2CC2)c1N. The summed E-state index contributed by atoms with van der Waals surface area (Å²) in [6.07, 6.45) is 3.71. The molecule has 2 fully saturated rings. The zero-order valence-corrected chi connectivity index (χ0v) is 11.9. The van der Waals surface area contributed by atoms with Crippen molar-refractivity contribution in [2.45, 2.75) is 25.2 Å². The van der Waals surface area contributed by atoms with Crippen LogP contribution < -0.4 is 10.6 Å². The van der Waals surface area contributed by atoms with Gasteiger partial charge in [-0.1, -0.05) is 0 Å². The summed E-state index contributed by atoms with van der Waals surface area (Å²) in [7, 11) is 0. The summed E-state index contributed by atoms with van der Waals surface area (Å²) in [4.78, 5) is 3.17. The lowest BCUT2D eigenvalue weighted by atomic mass is 10.1. The number of hydrogen-bond acceptors (Lipinski definition) is 5.